The van der Waals surface area contributed by atoms with Crippen molar-refractivity contribution in [2.75, 3.05) is 51.0 Å². The molecule has 2 aliphatic rings. The number of halogens is 2. The fourth-order valence-corrected chi connectivity index (χ4v) is 7.18. The Kier molecular flexibility index (Phi) is 18.6. The summed E-state index contributed by atoms with van der Waals surface area (Å²) in [5.41, 5.74) is 9.97. The molecule has 2 aliphatic heterocycles. The van der Waals surface area contributed by atoms with Gasteiger partial charge in [-0.1, -0.05) is 59.1 Å². The number of aromatic nitrogens is 2. The number of fused-ring (bicyclic) bond motifs is 3. The van der Waals surface area contributed by atoms with Gasteiger partial charge < -0.3 is 25.4 Å². The van der Waals surface area contributed by atoms with Gasteiger partial charge in [-0.15, -0.1) is 11.3 Å². The average Bonchev–Trinajstić information content (AvgIpc) is 3.92. The van der Waals surface area contributed by atoms with Crippen LogP contribution in [0.3, 0.4) is 0 Å². The molecule has 1 saturated heterocycles. The molecule has 0 amide bonds. The standard InChI is InChI=1S/C27H27F2N5OS.C9H21N.C2H6.CH4O/c1-4-14(3)20(22-15(10-30)26(31)36-25(22)19(28)5-2)21-18-13-35-12-17(18)16-11-32-27(33-24(16)23(21)29)34-8-6-7-9-34;1-4-6-7-9-10(3)8-5-2;2*1-2/h5,11H,4,6-9,12-13,31H2,1-3H3;4-9H2,1-3H3;1-2H3;2H,1H3/b19-5+,20-14?;;;. The summed E-state index contributed by atoms with van der Waals surface area (Å²) in [5.74, 6) is -0.516. The van der Waals surface area contributed by atoms with E-state index in [2.05, 4.69) is 46.7 Å². The predicted octanol–water partition coefficient (Wildman–Crippen LogP) is 9.63. The fraction of sp³-hybridized carbons (Fsp3) is 0.564. The monoisotopic (exact) mass is 712 g/mol. The number of anilines is 2. The minimum absolute atomic E-state index is 0.155. The SMILES string of the molecule is C/C=C(/F)c1sc(N)c(C#N)c1C(=C(C)CC)c1c2c(c3cnc(N4CCCC4)nc3c1F)COC2.CC.CCCCCN(C)CCC.CO. The number of thiophene rings is 1. The van der Waals surface area contributed by atoms with Crippen molar-refractivity contribution in [1.82, 2.24) is 14.9 Å². The number of aliphatic hydroxyl groups excluding tert-OH is 1. The molecule has 0 saturated carbocycles. The number of ether oxygens (including phenoxy) is 1. The number of hydrogen-bond donors (Lipinski definition) is 2. The highest BCUT2D eigenvalue weighted by Gasteiger charge is 2.32. The molecule has 276 valence electrons. The van der Waals surface area contributed by atoms with Crippen LogP contribution in [0.15, 0.2) is 17.8 Å². The molecule has 50 heavy (non-hydrogen) atoms. The second-order valence-electron chi connectivity index (χ2n) is 12.1. The van der Waals surface area contributed by atoms with Gasteiger partial charge in [-0.2, -0.15) is 5.26 Å². The van der Waals surface area contributed by atoms with Crippen LogP contribution in [0.5, 0.6) is 0 Å². The van der Waals surface area contributed by atoms with Gasteiger partial charge in [0.05, 0.1) is 23.7 Å². The molecule has 0 spiro atoms. The van der Waals surface area contributed by atoms with Crippen LogP contribution in [0.2, 0.25) is 0 Å². The number of unbranched alkanes of at least 4 members (excludes halogenated alkanes) is 2. The summed E-state index contributed by atoms with van der Waals surface area (Å²) in [6.45, 7) is 18.6. The molecule has 2 aromatic heterocycles. The molecule has 0 radical (unpaired) electrons. The lowest BCUT2D eigenvalue weighted by Crippen LogP contribution is -2.20. The lowest BCUT2D eigenvalue weighted by atomic mass is 9.85. The summed E-state index contributed by atoms with van der Waals surface area (Å²) in [4.78, 5) is 13.9. The Bertz CT molecular complexity index is 1640. The Hall–Kier alpha value is -3.43. The van der Waals surface area contributed by atoms with Crippen LogP contribution in [0, 0.1) is 17.1 Å². The number of nitrogens with two attached hydrogens (primary N) is 1. The number of nitriles is 1. The van der Waals surface area contributed by atoms with Gasteiger partial charge in [0.25, 0.3) is 0 Å². The van der Waals surface area contributed by atoms with Gasteiger partial charge in [-0.05, 0) is 82.8 Å². The maximum absolute atomic E-state index is 16.7. The van der Waals surface area contributed by atoms with Gasteiger partial charge in [0.15, 0.2) is 5.82 Å². The van der Waals surface area contributed by atoms with Gasteiger partial charge in [-0.3, -0.25) is 0 Å². The zero-order valence-corrected chi connectivity index (χ0v) is 32.5. The van der Waals surface area contributed by atoms with Crippen molar-refractivity contribution < 1.29 is 18.6 Å². The summed E-state index contributed by atoms with van der Waals surface area (Å²) in [5, 5.41) is 17.8. The fourth-order valence-electron chi connectivity index (χ4n) is 6.19. The lowest BCUT2D eigenvalue weighted by Gasteiger charge is -2.20. The number of nitrogen functional groups attached to an aromatic ring is 1. The first-order valence-corrected chi connectivity index (χ1v) is 18.8. The van der Waals surface area contributed by atoms with Crippen molar-refractivity contribution >= 4 is 44.6 Å². The minimum atomic E-state index is -0.514. The lowest BCUT2D eigenvalue weighted by molar-refractivity contribution is 0.134. The molecule has 0 atom stereocenters. The molecule has 4 heterocycles. The molecular formula is C39H58F2N6O2S. The first kappa shape index (κ1) is 42.7. The van der Waals surface area contributed by atoms with E-state index in [4.69, 9.17) is 15.6 Å². The summed E-state index contributed by atoms with van der Waals surface area (Å²) >= 11 is 1.00. The van der Waals surface area contributed by atoms with Crippen molar-refractivity contribution in [2.45, 2.75) is 107 Å². The maximum Gasteiger partial charge on any atom is 0.225 e. The van der Waals surface area contributed by atoms with Crippen molar-refractivity contribution in [3.05, 3.63) is 56.4 Å². The third-order valence-corrected chi connectivity index (χ3v) is 9.83. The Morgan fingerprint density at radius 1 is 1.10 bits per heavy atom. The van der Waals surface area contributed by atoms with E-state index in [1.165, 1.54) is 44.8 Å². The third-order valence-electron chi connectivity index (χ3n) is 8.80. The zero-order valence-electron chi connectivity index (χ0n) is 31.7. The average molecular weight is 713 g/mol. The van der Waals surface area contributed by atoms with Gasteiger partial charge in [-0.25, -0.2) is 18.7 Å². The molecule has 0 unspecified atom stereocenters. The normalized spacial score (nSPS) is 14.2. The van der Waals surface area contributed by atoms with E-state index in [9.17, 15) is 5.26 Å². The van der Waals surface area contributed by atoms with Gasteiger partial charge >= 0.3 is 0 Å². The van der Waals surface area contributed by atoms with Crippen LogP contribution in [0.1, 0.15) is 126 Å². The molecule has 8 nitrogen and oxygen atoms in total. The minimum Gasteiger partial charge on any atom is -0.400 e. The number of rotatable bonds is 11. The van der Waals surface area contributed by atoms with Crippen molar-refractivity contribution in [1.29, 1.82) is 5.26 Å². The van der Waals surface area contributed by atoms with Crippen LogP contribution >= 0.6 is 11.3 Å². The highest BCUT2D eigenvalue weighted by atomic mass is 32.1. The molecule has 0 aliphatic carbocycles. The van der Waals surface area contributed by atoms with Crippen molar-refractivity contribution in [3.8, 4) is 6.07 Å². The van der Waals surface area contributed by atoms with E-state index in [0.717, 1.165) is 55.5 Å². The molecule has 1 fully saturated rings. The van der Waals surface area contributed by atoms with Crippen LogP contribution in [0.4, 0.5) is 19.7 Å². The zero-order chi connectivity index (χ0) is 37.4. The van der Waals surface area contributed by atoms with Crippen LogP contribution < -0.4 is 10.6 Å². The quantitative estimate of drug-likeness (QED) is 0.189. The van der Waals surface area contributed by atoms with Gasteiger partial charge in [0.2, 0.25) is 5.95 Å². The summed E-state index contributed by atoms with van der Waals surface area (Å²) in [6.07, 6.45) is 11.0. The Labute approximate surface area is 302 Å². The second kappa shape index (κ2) is 21.7. The smallest absolute Gasteiger partial charge is 0.225 e. The largest absolute Gasteiger partial charge is 0.400 e. The van der Waals surface area contributed by atoms with Crippen molar-refractivity contribution in [3.63, 3.8) is 0 Å². The predicted molar refractivity (Wildman–Crippen MR) is 206 cm³/mol. The van der Waals surface area contributed by atoms with Gasteiger partial charge in [0, 0.05) is 42.9 Å². The maximum atomic E-state index is 16.7. The van der Waals surface area contributed by atoms with Crippen LogP contribution in [-0.2, 0) is 18.0 Å². The van der Waals surface area contributed by atoms with E-state index in [1.807, 2.05) is 27.7 Å². The molecule has 5 rings (SSSR count). The van der Waals surface area contributed by atoms with Crippen molar-refractivity contribution in [2.24, 2.45) is 0 Å². The third kappa shape index (κ3) is 9.87. The molecular weight excluding hydrogens is 655 g/mol. The number of hydrogen-bond acceptors (Lipinski definition) is 9. The molecule has 3 aromatic rings. The van der Waals surface area contributed by atoms with E-state index >= 15 is 8.78 Å². The van der Waals surface area contributed by atoms with E-state index < -0.39 is 11.6 Å². The Morgan fingerprint density at radius 2 is 1.76 bits per heavy atom. The van der Waals surface area contributed by atoms with E-state index in [-0.39, 0.29) is 27.6 Å². The molecule has 11 heteroatoms. The van der Waals surface area contributed by atoms with Crippen LogP contribution in [0.25, 0.3) is 22.3 Å². The highest BCUT2D eigenvalue weighted by molar-refractivity contribution is 7.17. The molecule has 1 aromatic carbocycles. The van der Waals surface area contributed by atoms with E-state index in [0.29, 0.717) is 46.6 Å². The van der Waals surface area contributed by atoms with Gasteiger partial charge in [0.1, 0.15) is 22.4 Å². The number of benzene rings is 1. The van der Waals surface area contributed by atoms with E-state index in [1.54, 1.807) is 13.1 Å². The highest BCUT2D eigenvalue weighted by Crippen LogP contribution is 2.47. The topological polar surface area (TPSA) is 112 Å². The first-order chi connectivity index (χ1) is 24.2. The van der Waals surface area contributed by atoms with Crippen LogP contribution in [-0.4, -0.2) is 60.3 Å². The Morgan fingerprint density at radius 3 is 2.34 bits per heavy atom. The number of allylic oxidation sites excluding steroid dienone is 2. The number of aliphatic hydroxyl groups is 1. The summed E-state index contributed by atoms with van der Waals surface area (Å²) < 4.78 is 37.5. The second-order valence-corrected chi connectivity index (χ2v) is 13.1. The first-order valence-electron chi connectivity index (χ1n) is 18.0. The summed E-state index contributed by atoms with van der Waals surface area (Å²) in [6, 6.07) is 2.13. The number of nitrogens with zero attached hydrogens (tertiary/aromatic N) is 5. The molecule has 0 bridgehead atoms. The molecule has 3 N–H and O–H groups in total. The summed E-state index contributed by atoms with van der Waals surface area (Å²) in [7, 11) is 3.21. The Balaban J connectivity index is 0.000000531.